The maximum Gasteiger partial charge on any atom is 0.513 e. The molecule has 3 rings (SSSR count). The highest BCUT2D eigenvalue weighted by molar-refractivity contribution is 6.60. The molecule has 1 fully saturated rings. The molecule has 0 N–H and O–H groups in total. The largest absolute Gasteiger partial charge is 0.513 e. The van der Waals surface area contributed by atoms with Crippen molar-refractivity contribution in [2.45, 2.75) is 6.18 Å². The van der Waals surface area contributed by atoms with Crippen LogP contribution in [0.25, 0.3) is 5.69 Å². The Bertz CT molecular complexity index is 668. The molecule has 1 aromatic heterocycles. The predicted octanol–water partition coefficient (Wildman–Crippen LogP) is 1.56. The van der Waals surface area contributed by atoms with Gasteiger partial charge in [-0.1, -0.05) is 18.2 Å². The zero-order valence-corrected chi connectivity index (χ0v) is 13.2. The Morgan fingerprint density at radius 1 is 1.08 bits per heavy atom. The number of hydrogen-bond donors (Lipinski definition) is 0. The molecule has 0 amide bonds. The highest BCUT2D eigenvalue weighted by Crippen LogP contribution is 2.27. The van der Waals surface area contributed by atoms with Gasteiger partial charge in [0.15, 0.2) is 5.69 Å². The second-order valence-electron chi connectivity index (χ2n) is 5.58. The number of likely N-dealkylation sites (N-methyl/N-ethyl adjacent to an activating group) is 1. The van der Waals surface area contributed by atoms with Crippen LogP contribution in [0.2, 0.25) is 0 Å². The topological polar surface area (TPSA) is 39.5 Å². The van der Waals surface area contributed by atoms with Gasteiger partial charge < -0.3 is 14.2 Å². The number of hydrogen-bond acceptors (Lipinski definition) is 4. The van der Waals surface area contributed by atoms with Crippen molar-refractivity contribution in [3.63, 3.8) is 0 Å². The lowest BCUT2D eigenvalue weighted by molar-refractivity contribution is -0.141. The molecule has 1 aliphatic rings. The fourth-order valence-corrected chi connectivity index (χ4v) is 2.44. The summed E-state index contributed by atoms with van der Waals surface area (Å²) in [6.07, 6.45) is -4.53. The molecule has 1 saturated heterocycles. The Morgan fingerprint density at radius 3 is 2.29 bits per heavy atom. The molecule has 128 valence electrons. The minimum atomic E-state index is -4.53. The molecular weight excluding hydrogens is 322 g/mol. The lowest BCUT2D eigenvalue weighted by Gasteiger charge is -2.24. The Labute approximate surface area is 138 Å². The highest BCUT2D eigenvalue weighted by Gasteiger charge is 2.38. The van der Waals surface area contributed by atoms with Gasteiger partial charge in [0.1, 0.15) is 0 Å². The van der Waals surface area contributed by atoms with E-state index in [2.05, 4.69) is 5.10 Å². The van der Waals surface area contributed by atoms with E-state index in [0.717, 1.165) is 6.07 Å². The van der Waals surface area contributed by atoms with Gasteiger partial charge in [-0.15, -0.1) is 0 Å². The third-order valence-electron chi connectivity index (χ3n) is 3.75. The second kappa shape index (κ2) is 6.96. The molecule has 0 saturated carbocycles. The fraction of sp³-hybridized carbons (Fsp3) is 0.400. The molecule has 9 heteroatoms. The first-order valence-corrected chi connectivity index (χ1v) is 7.59. The van der Waals surface area contributed by atoms with Gasteiger partial charge in [0, 0.05) is 26.3 Å². The van der Waals surface area contributed by atoms with Crippen LogP contribution in [0.15, 0.2) is 36.4 Å². The van der Waals surface area contributed by atoms with E-state index < -0.39 is 19.0 Å². The third kappa shape index (κ3) is 3.80. The lowest BCUT2D eigenvalue weighted by Crippen LogP contribution is -2.46. The number of rotatable bonds is 2. The van der Waals surface area contributed by atoms with Crippen molar-refractivity contribution >= 4 is 12.7 Å². The number of aromatic nitrogens is 2. The Balaban J connectivity index is 1.97. The molecule has 0 bridgehead atoms. The van der Waals surface area contributed by atoms with Crippen molar-refractivity contribution in [1.29, 1.82) is 0 Å². The predicted molar refractivity (Wildman–Crippen MR) is 83.4 cm³/mol. The van der Waals surface area contributed by atoms with E-state index in [1.54, 1.807) is 30.3 Å². The maximum absolute atomic E-state index is 13.1. The number of halogens is 3. The molecule has 1 aromatic carbocycles. The maximum atomic E-state index is 13.1. The van der Waals surface area contributed by atoms with Crippen LogP contribution in [-0.4, -0.2) is 55.1 Å². The molecule has 0 spiro atoms. The second-order valence-corrected chi connectivity index (χ2v) is 5.58. The molecule has 2 aromatic rings. The van der Waals surface area contributed by atoms with Crippen LogP contribution in [0.1, 0.15) is 5.69 Å². The number of alkyl halides is 3. The highest BCUT2D eigenvalue weighted by atomic mass is 19.4. The van der Waals surface area contributed by atoms with Crippen molar-refractivity contribution < 1.29 is 22.5 Å². The van der Waals surface area contributed by atoms with Gasteiger partial charge in [-0.2, -0.15) is 18.3 Å². The number of para-hydroxylation sites is 1. The van der Waals surface area contributed by atoms with Gasteiger partial charge >= 0.3 is 13.3 Å². The summed E-state index contributed by atoms with van der Waals surface area (Å²) in [5.41, 5.74) is -0.208. The minimum Gasteiger partial charge on any atom is -0.405 e. The number of benzene rings is 1. The molecular formula is C15H17BF3N3O2. The molecule has 5 nitrogen and oxygen atoms in total. The SMILES string of the molecule is CN1CCOB(c2cc(C(F)(F)F)nn2-c2ccccc2)OCC1. The van der Waals surface area contributed by atoms with Crippen LogP contribution in [-0.2, 0) is 15.5 Å². The van der Waals surface area contributed by atoms with E-state index >= 15 is 0 Å². The van der Waals surface area contributed by atoms with Gasteiger partial charge in [-0.05, 0) is 25.2 Å². The van der Waals surface area contributed by atoms with Gasteiger partial charge in [0.2, 0.25) is 0 Å². The standard InChI is InChI=1S/C15H17BF3N3O2/c1-21-7-9-23-16(24-10-8-21)14-11-13(15(17,18)19)20-22(14)12-5-3-2-4-6-12/h2-6,11H,7-10H2,1H3. The zero-order chi connectivity index (χ0) is 17.2. The summed E-state index contributed by atoms with van der Waals surface area (Å²) < 4.78 is 51.8. The van der Waals surface area contributed by atoms with Crippen molar-refractivity contribution in [2.75, 3.05) is 33.4 Å². The Morgan fingerprint density at radius 2 is 1.71 bits per heavy atom. The molecule has 2 heterocycles. The van der Waals surface area contributed by atoms with Gasteiger partial charge in [-0.3, -0.25) is 0 Å². The van der Waals surface area contributed by atoms with E-state index in [1.165, 1.54) is 4.68 Å². The molecule has 1 aliphatic heterocycles. The van der Waals surface area contributed by atoms with Crippen LogP contribution in [0.3, 0.4) is 0 Å². The van der Waals surface area contributed by atoms with E-state index in [-0.39, 0.29) is 5.59 Å². The lowest BCUT2D eigenvalue weighted by atomic mass is 9.83. The van der Waals surface area contributed by atoms with Gasteiger partial charge in [-0.25, -0.2) is 4.68 Å². The fourth-order valence-electron chi connectivity index (χ4n) is 2.44. The summed E-state index contributed by atoms with van der Waals surface area (Å²) in [5, 5.41) is 3.72. The quantitative estimate of drug-likeness (QED) is 0.779. The molecule has 24 heavy (non-hydrogen) atoms. The van der Waals surface area contributed by atoms with Gasteiger partial charge in [0.25, 0.3) is 0 Å². The Kier molecular flexibility index (Phi) is 4.93. The summed E-state index contributed by atoms with van der Waals surface area (Å²) in [4.78, 5) is 2.03. The number of nitrogens with zero attached hydrogens (tertiary/aromatic N) is 3. The molecule has 0 unspecified atom stereocenters. The molecule has 0 radical (unpaired) electrons. The summed E-state index contributed by atoms with van der Waals surface area (Å²) in [5.74, 6) is 0. The summed E-state index contributed by atoms with van der Waals surface area (Å²) in [7, 11) is 1.05. The van der Waals surface area contributed by atoms with E-state index in [4.69, 9.17) is 9.31 Å². The van der Waals surface area contributed by atoms with Crippen molar-refractivity contribution in [1.82, 2.24) is 14.7 Å². The molecule has 0 aliphatic carbocycles. The Hall–Kier alpha value is -1.84. The molecule has 0 atom stereocenters. The van der Waals surface area contributed by atoms with Crippen LogP contribution in [0, 0.1) is 0 Å². The average Bonchev–Trinajstić information content (AvgIpc) is 2.97. The van der Waals surface area contributed by atoms with Crippen LogP contribution < -0.4 is 5.59 Å². The van der Waals surface area contributed by atoms with Crippen molar-refractivity contribution in [2.24, 2.45) is 0 Å². The monoisotopic (exact) mass is 339 g/mol. The van der Waals surface area contributed by atoms with E-state index in [0.29, 0.717) is 32.0 Å². The minimum absolute atomic E-state index is 0.234. The first kappa shape index (κ1) is 17.0. The van der Waals surface area contributed by atoms with Crippen LogP contribution >= 0.6 is 0 Å². The smallest absolute Gasteiger partial charge is 0.405 e. The van der Waals surface area contributed by atoms with Crippen molar-refractivity contribution in [3.05, 3.63) is 42.1 Å². The van der Waals surface area contributed by atoms with E-state index in [9.17, 15) is 13.2 Å². The third-order valence-corrected chi connectivity index (χ3v) is 3.75. The average molecular weight is 339 g/mol. The zero-order valence-electron chi connectivity index (χ0n) is 13.2. The summed E-state index contributed by atoms with van der Waals surface area (Å²) in [6.45, 7) is 2.10. The van der Waals surface area contributed by atoms with E-state index in [1.807, 2.05) is 11.9 Å². The summed E-state index contributed by atoms with van der Waals surface area (Å²) >= 11 is 0. The van der Waals surface area contributed by atoms with Crippen LogP contribution in [0.5, 0.6) is 0 Å². The van der Waals surface area contributed by atoms with Gasteiger partial charge in [0.05, 0.1) is 11.3 Å². The summed E-state index contributed by atoms with van der Waals surface area (Å²) in [6, 6.07) is 9.63. The first-order chi connectivity index (χ1) is 11.4. The normalized spacial score (nSPS) is 17.6. The van der Waals surface area contributed by atoms with Crippen molar-refractivity contribution in [3.8, 4) is 5.69 Å². The van der Waals surface area contributed by atoms with Crippen LogP contribution in [0.4, 0.5) is 13.2 Å². The first-order valence-electron chi connectivity index (χ1n) is 7.59.